The first-order valence-corrected chi connectivity index (χ1v) is 8.31. The van der Waals surface area contributed by atoms with Gasteiger partial charge in [0.25, 0.3) is 0 Å². The lowest BCUT2D eigenvalue weighted by molar-refractivity contribution is -0.123. The highest BCUT2D eigenvalue weighted by molar-refractivity contribution is 5.85. The molecule has 6 nitrogen and oxygen atoms in total. The number of nitrogens with two attached hydrogens (primary N) is 1. The number of nitrogens with zero attached hydrogens (tertiary/aromatic N) is 1. The average molecular weight is 372 g/mol. The minimum Gasteiger partial charge on any atom is -0.493 e. The number of methoxy groups -OCH3 is 2. The number of amides is 1. The first-order chi connectivity index (χ1) is 11.4. The van der Waals surface area contributed by atoms with E-state index in [-0.39, 0.29) is 29.8 Å². The van der Waals surface area contributed by atoms with E-state index in [1.807, 2.05) is 18.2 Å². The summed E-state index contributed by atoms with van der Waals surface area (Å²) >= 11 is 0. The Bertz CT molecular complexity index is 581. The highest BCUT2D eigenvalue weighted by Gasteiger charge is 2.33. The van der Waals surface area contributed by atoms with Crippen LogP contribution in [0.3, 0.4) is 0 Å². The van der Waals surface area contributed by atoms with Gasteiger partial charge < -0.3 is 20.5 Å². The molecule has 142 valence electrons. The van der Waals surface area contributed by atoms with Gasteiger partial charge in [-0.05, 0) is 29.5 Å². The third kappa shape index (κ3) is 5.76. The van der Waals surface area contributed by atoms with Crippen LogP contribution in [0.1, 0.15) is 25.8 Å². The second kappa shape index (κ2) is 9.27. The smallest absolute Gasteiger partial charge is 0.234 e. The first-order valence-electron chi connectivity index (χ1n) is 8.31. The quantitative estimate of drug-likeness (QED) is 0.797. The van der Waals surface area contributed by atoms with Gasteiger partial charge in [-0.3, -0.25) is 9.69 Å². The predicted molar refractivity (Wildman–Crippen MR) is 101 cm³/mol. The molecule has 1 aliphatic rings. The van der Waals surface area contributed by atoms with Crippen LogP contribution >= 0.6 is 12.4 Å². The Kier molecular flexibility index (Phi) is 7.99. The van der Waals surface area contributed by atoms with Crippen molar-refractivity contribution in [3.8, 4) is 11.5 Å². The predicted octanol–water partition coefficient (Wildman–Crippen LogP) is 1.80. The lowest BCUT2D eigenvalue weighted by Crippen LogP contribution is -2.54. The second-order valence-corrected chi connectivity index (χ2v) is 7.06. The van der Waals surface area contributed by atoms with Gasteiger partial charge in [-0.25, -0.2) is 0 Å². The maximum Gasteiger partial charge on any atom is 0.234 e. The fourth-order valence-electron chi connectivity index (χ4n) is 3.07. The molecule has 1 unspecified atom stereocenters. The van der Waals surface area contributed by atoms with Crippen molar-refractivity contribution in [2.45, 2.75) is 32.9 Å². The van der Waals surface area contributed by atoms with Crippen LogP contribution in [-0.2, 0) is 11.3 Å². The van der Waals surface area contributed by atoms with E-state index >= 15 is 0 Å². The van der Waals surface area contributed by atoms with E-state index in [1.165, 1.54) is 0 Å². The molecular formula is C18H30ClN3O3. The number of carbonyl (C=O) groups is 1. The topological polar surface area (TPSA) is 76.8 Å². The van der Waals surface area contributed by atoms with Crippen LogP contribution in [-0.4, -0.2) is 50.7 Å². The molecule has 0 bridgehead atoms. The number of nitrogens with one attached hydrogen (secondary N) is 1. The standard InChI is InChI=1S/C18H29N3O3.ClH/c1-18(2)12-21(8-7-16(18)19)11-17(22)20-10-13-5-6-14(23-3)15(9-13)24-4;/h5-6,9,16H,7-8,10-12,19H2,1-4H3,(H,20,22);1H. The molecule has 0 radical (unpaired) electrons. The number of halogens is 1. The summed E-state index contributed by atoms with van der Waals surface area (Å²) < 4.78 is 10.5. The van der Waals surface area contributed by atoms with Gasteiger partial charge >= 0.3 is 0 Å². The molecule has 25 heavy (non-hydrogen) atoms. The monoisotopic (exact) mass is 371 g/mol. The van der Waals surface area contributed by atoms with E-state index in [1.54, 1.807) is 14.2 Å². The van der Waals surface area contributed by atoms with E-state index in [0.29, 0.717) is 24.6 Å². The van der Waals surface area contributed by atoms with Gasteiger partial charge in [0.2, 0.25) is 5.91 Å². The van der Waals surface area contributed by atoms with E-state index in [4.69, 9.17) is 15.2 Å². The fraction of sp³-hybridized carbons (Fsp3) is 0.611. The molecule has 0 spiro atoms. The lowest BCUT2D eigenvalue weighted by atomic mass is 9.80. The lowest BCUT2D eigenvalue weighted by Gasteiger charge is -2.42. The molecule has 7 heteroatoms. The first kappa shape index (κ1) is 21.5. The number of hydrogen-bond acceptors (Lipinski definition) is 5. The summed E-state index contributed by atoms with van der Waals surface area (Å²) in [5.41, 5.74) is 7.16. The normalized spacial score (nSPS) is 19.6. The summed E-state index contributed by atoms with van der Waals surface area (Å²) in [5, 5.41) is 2.97. The molecule has 0 aromatic heterocycles. The van der Waals surface area contributed by atoms with Gasteiger partial charge in [-0.1, -0.05) is 19.9 Å². The number of carbonyl (C=O) groups excluding carboxylic acids is 1. The zero-order chi connectivity index (χ0) is 17.7. The summed E-state index contributed by atoms with van der Waals surface area (Å²) in [5.74, 6) is 1.37. The molecule has 1 saturated heterocycles. The van der Waals surface area contributed by atoms with Crippen LogP contribution in [0.25, 0.3) is 0 Å². The third-order valence-electron chi connectivity index (χ3n) is 4.70. The Morgan fingerprint density at radius 3 is 2.60 bits per heavy atom. The van der Waals surface area contributed by atoms with Crippen LogP contribution in [0.15, 0.2) is 18.2 Å². The largest absolute Gasteiger partial charge is 0.493 e. The van der Waals surface area contributed by atoms with Gasteiger partial charge in [0.1, 0.15) is 0 Å². The van der Waals surface area contributed by atoms with Crippen molar-refractivity contribution in [2.75, 3.05) is 33.9 Å². The van der Waals surface area contributed by atoms with E-state index < -0.39 is 0 Å². The molecule has 1 aromatic carbocycles. The Labute approximate surface area is 156 Å². The number of likely N-dealkylation sites (tertiary alicyclic amines) is 1. The second-order valence-electron chi connectivity index (χ2n) is 7.06. The van der Waals surface area contributed by atoms with Gasteiger partial charge in [-0.15, -0.1) is 12.4 Å². The molecule has 1 aromatic rings. The van der Waals surface area contributed by atoms with Crippen LogP contribution in [0, 0.1) is 5.41 Å². The number of hydrogen-bond donors (Lipinski definition) is 2. The van der Waals surface area contributed by atoms with E-state index in [9.17, 15) is 4.79 Å². The van der Waals surface area contributed by atoms with Gasteiger partial charge in [0, 0.05) is 25.7 Å². The number of ether oxygens (including phenoxy) is 2. The van der Waals surface area contributed by atoms with Crippen LogP contribution in [0.4, 0.5) is 0 Å². The molecule has 1 aliphatic heterocycles. The molecule has 1 fully saturated rings. The van der Waals surface area contributed by atoms with E-state index in [0.717, 1.165) is 25.1 Å². The number of rotatable bonds is 6. The SMILES string of the molecule is COc1ccc(CNC(=O)CN2CCC(N)C(C)(C)C2)cc1OC.Cl. The zero-order valence-corrected chi connectivity index (χ0v) is 16.3. The van der Waals surface area contributed by atoms with Crippen molar-refractivity contribution in [1.29, 1.82) is 0 Å². The molecule has 1 heterocycles. The molecule has 0 saturated carbocycles. The Balaban J connectivity index is 0.00000312. The highest BCUT2D eigenvalue weighted by atomic mass is 35.5. The van der Waals surface area contributed by atoms with Crippen molar-refractivity contribution in [1.82, 2.24) is 10.2 Å². The summed E-state index contributed by atoms with van der Waals surface area (Å²) in [6.07, 6.45) is 0.927. The molecule has 0 aliphatic carbocycles. The maximum atomic E-state index is 12.2. The molecule has 1 atom stereocenters. The van der Waals surface area contributed by atoms with Crippen molar-refractivity contribution < 1.29 is 14.3 Å². The van der Waals surface area contributed by atoms with Crippen molar-refractivity contribution >= 4 is 18.3 Å². The molecular weight excluding hydrogens is 342 g/mol. The molecule has 1 amide bonds. The minimum atomic E-state index is 0. The number of benzene rings is 1. The number of piperidine rings is 1. The average Bonchev–Trinajstić information content (AvgIpc) is 2.55. The molecule has 3 N–H and O–H groups in total. The highest BCUT2D eigenvalue weighted by Crippen LogP contribution is 2.28. The van der Waals surface area contributed by atoms with Gasteiger partial charge in [-0.2, -0.15) is 0 Å². The summed E-state index contributed by atoms with van der Waals surface area (Å²) in [6.45, 7) is 6.91. The van der Waals surface area contributed by atoms with E-state index in [2.05, 4.69) is 24.1 Å². The van der Waals surface area contributed by atoms with Crippen molar-refractivity contribution in [3.63, 3.8) is 0 Å². The van der Waals surface area contributed by atoms with Gasteiger partial charge in [0.05, 0.1) is 20.8 Å². The summed E-state index contributed by atoms with van der Waals surface area (Å²) in [6, 6.07) is 5.84. The minimum absolute atomic E-state index is 0. The summed E-state index contributed by atoms with van der Waals surface area (Å²) in [7, 11) is 3.20. The van der Waals surface area contributed by atoms with Crippen molar-refractivity contribution in [2.24, 2.45) is 11.1 Å². The summed E-state index contributed by atoms with van der Waals surface area (Å²) in [4.78, 5) is 14.4. The van der Waals surface area contributed by atoms with Crippen LogP contribution in [0.5, 0.6) is 11.5 Å². The zero-order valence-electron chi connectivity index (χ0n) is 15.5. The van der Waals surface area contributed by atoms with Crippen LogP contribution in [0.2, 0.25) is 0 Å². The molecule has 2 rings (SSSR count). The Morgan fingerprint density at radius 2 is 2.00 bits per heavy atom. The van der Waals surface area contributed by atoms with Gasteiger partial charge in [0.15, 0.2) is 11.5 Å². The van der Waals surface area contributed by atoms with Crippen molar-refractivity contribution in [3.05, 3.63) is 23.8 Å². The maximum absolute atomic E-state index is 12.2. The fourth-order valence-corrected chi connectivity index (χ4v) is 3.07. The Morgan fingerprint density at radius 1 is 1.32 bits per heavy atom. The van der Waals surface area contributed by atoms with Crippen LogP contribution < -0.4 is 20.5 Å². The Hall–Kier alpha value is -1.50. The third-order valence-corrected chi connectivity index (χ3v) is 4.70.